The van der Waals surface area contributed by atoms with Crippen molar-refractivity contribution in [2.75, 3.05) is 5.32 Å². The summed E-state index contributed by atoms with van der Waals surface area (Å²) < 4.78 is 68.5. The van der Waals surface area contributed by atoms with Crippen molar-refractivity contribution in [3.63, 3.8) is 0 Å². The molecule has 168 valence electrons. The maximum Gasteiger partial charge on any atom is 0.410 e. The second kappa shape index (κ2) is 8.25. The molecule has 0 bridgehead atoms. The van der Waals surface area contributed by atoms with Gasteiger partial charge in [-0.05, 0) is 30.2 Å². The average molecular weight is 450 g/mol. The van der Waals surface area contributed by atoms with Gasteiger partial charge in [-0.3, -0.25) is 4.79 Å². The smallest absolute Gasteiger partial charge is 0.363 e. The molecule has 1 aliphatic rings. The summed E-state index contributed by atoms with van der Waals surface area (Å²) >= 11 is 0. The molecule has 2 atom stereocenters. The lowest BCUT2D eigenvalue weighted by atomic mass is 9.96. The zero-order chi connectivity index (χ0) is 23.0. The van der Waals surface area contributed by atoms with Crippen LogP contribution in [0.2, 0.25) is 0 Å². The van der Waals surface area contributed by atoms with Gasteiger partial charge in [-0.25, -0.2) is 13.5 Å². The van der Waals surface area contributed by atoms with Crippen molar-refractivity contribution in [3.05, 3.63) is 82.5 Å². The zero-order valence-electron chi connectivity index (χ0n) is 16.9. The SMILES string of the molecule is Cc1ccc(C2CC(C(F)(F)F)n3ncc(C(=O)NCc4ccc(F)c(F)c4)c3N2)cc1. The lowest BCUT2D eigenvalue weighted by Gasteiger charge is -2.34. The number of fused-ring (bicyclic) bond motifs is 1. The van der Waals surface area contributed by atoms with Crippen LogP contribution in [0.1, 0.15) is 45.6 Å². The van der Waals surface area contributed by atoms with E-state index in [2.05, 4.69) is 15.7 Å². The van der Waals surface area contributed by atoms with Crippen LogP contribution in [0, 0.1) is 18.6 Å². The van der Waals surface area contributed by atoms with E-state index in [1.54, 1.807) is 24.3 Å². The molecule has 2 aromatic carbocycles. The van der Waals surface area contributed by atoms with E-state index in [0.717, 1.165) is 28.6 Å². The number of halogens is 5. The number of hydrogen-bond donors (Lipinski definition) is 2. The first-order chi connectivity index (χ1) is 15.1. The van der Waals surface area contributed by atoms with Crippen molar-refractivity contribution in [1.82, 2.24) is 15.1 Å². The van der Waals surface area contributed by atoms with Gasteiger partial charge >= 0.3 is 6.18 Å². The number of hydrogen-bond acceptors (Lipinski definition) is 3. The third-order valence-electron chi connectivity index (χ3n) is 5.40. The van der Waals surface area contributed by atoms with E-state index < -0.39 is 35.8 Å². The van der Waals surface area contributed by atoms with Crippen LogP contribution in [0.4, 0.5) is 27.8 Å². The van der Waals surface area contributed by atoms with E-state index in [1.807, 2.05) is 6.92 Å². The Morgan fingerprint density at radius 3 is 2.53 bits per heavy atom. The van der Waals surface area contributed by atoms with Crippen LogP contribution in [0.25, 0.3) is 0 Å². The van der Waals surface area contributed by atoms with Crippen molar-refractivity contribution in [2.24, 2.45) is 0 Å². The molecule has 0 fully saturated rings. The summed E-state index contributed by atoms with van der Waals surface area (Å²) in [5.41, 5.74) is 1.86. The number of rotatable bonds is 4. The Kier molecular flexibility index (Phi) is 5.62. The first-order valence-electron chi connectivity index (χ1n) is 9.83. The third kappa shape index (κ3) is 4.30. The van der Waals surface area contributed by atoms with E-state index in [1.165, 1.54) is 6.07 Å². The number of anilines is 1. The highest BCUT2D eigenvalue weighted by atomic mass is 19.4. The number of aromatic nitrogens is 2. The molecule has 32 heavy (non-hydrogen) atoms. The van der Waals surface area contributed by atoms with Gasteiger partial charge in [0.25, 0.3) is 5.91 Å². The molecule has 1 amide bonds. The second-order valence-electron chi connectivity index (χ2n) is 7.68. The largest absolute Gasteiger partial charge is 0.410 e. The molecule has 2 unspecified atom stereocenters. The van der Waals surface area contributed by atoms with Crippen molar-refractivity contribution in [2.45, 2.75) is 38.1 Å². The first-order valence-corrected chi connectivity index (χ1v) is 9.83. The van der Waals surface area contributed by atoms with Gasteiger partial charge in [0.2, 0.25) is 0 Å². The topological polar surface area (TPSA) is 59.0 Å². The minimum absolute atomic E-state index is 0.0491. The highest BCUT2D eigenvalue weighted by Gasteiger charge is 2.47. The van der Waals surface area contributed by atoms with Gasteiger partial charge in [0.1, 0.15) is 11.4 Å². The molecule has 0 saturated heterocycles. The van der Waals surface area contributed by atoms with E-state index in [-0.39, 0.29) is 24.3 Å². The number of nitrogens with zero attached hydrogens (tertiary/aromatic N) is 2. The lowest BCUT2D eigenvalue weighted by Crippen LogP contribution is -2.36. The molecule has 0 radical (unpaired) electrons. The molecule has 2 N–H and O–H groups in total. The fourth-order valence-electron chi connectivity index (χ4n) is 3.67. The highest BCUT2D eigenvalue weighted by Crippen LogP contribution is 2.44. The Bertz CT molecular complexity index is 1140. The van der Waals surface area contributed by atoms with Crippen LogP contribution in [0.15, 0.2) is 48.7 Å². The highest BCUT2D eigenvalue weighted by molar-refractivity contribution is 5.98. The number of nitrogens with one attached hydrogen (secondary N) is 2. The minimum atomic E-state index is -4.56. The normalized spacial score (nSPS) is 18.1. The van der Waals surface area contributed by atoms with Gasteiger partial charge in [0, 0.05) is 13.0 Å². The van der Waals surface area contributed by atoms with Gasteiger partial charge < -0.3 is 10.6 Å². The van der Waals surface area contributed by atoms with Crippen LogP contribution in [0.3, 0.4) is 0 Å². The average Bonchev–Trinajstić information content (AvgIpc) is 3.17. The summed E-state index contributed by atoms with van der Waals surface area (Å²) in [4.78, 5) is 12.7. The molecule has 2 heterocycles. The van der Waals surface area contributed by atoms with E-state index in [4.69, 9.17) is 0 Å². The van der Waals surface area contributed by atoms with E-state index in [0.29, 0.717) is 11.1 Å². The maximum atomic E-state index is 13.8. The van der Waals surface area contributed by atoms with E-state index in [9.17, 15) is 26.7 Å². The molecule has 3 aromatic rings. The Morgan fingerprint density at radius 2 is 1.88 bits per heavy atom. The van der Waals surface area contributed by atoms with E-state index >= 15 is 0 Å². The van der Waals surface area contributed by atoms with Crippen LogP contribution < -0.4 is 10.6 Å². The number of amides is 1. The van der Waals surface area contributed by atoms with Crippen LogP contribution in [-0.2, 0) is 6.54 Å². The number of carbonyl (C=O) groups is 1. The zero-order valence-corrected chi connectivity index (χ0v) is 16.9. The van der Waals surface area contributed by atoms with Crippen molar-refractivity contribution >= 4 is 11.7 Å². The molecule has 0 aliphatic carbocycles. The minimum Gasteiger partial charge on any atom is -0.363 e. The molecular formula is C22H19F5N4O. The van der Waals surface area contributed by atoms with Gasteiger partial charge in [0.05, 0.1) is 12.2 Å². The molecule has 10 heteroatoms. The van der Waals surface area contributed by atoms with Gasteiger partial charge in [-0.15, -0.1) is 0 Å². The molecule has 5 nitrogen and oxygen atoms in total. The van der Waals surface area contributed by atoms with Crippen LogP contribution in [0.5, 0.6) is 0 Å². The summed E-state index contributed by atoms with van der Waals surface area (Å²) in [6, 6.07) is 7.69. The maximum absolute atomic E-state index is 13.8. The molecule has 4 rings (SSSR count). The second-order valence-corrected chi connectivity index (χ2v) is 7.68. The summed E-state index contributed by atoms with van der Waals surface area (Å²) in [7, 11) is 0. The lowest BCUT2D eigenvalue weighted by molar-refractivity contribution is -0.173. The van der Waals surface area contributed by atoms with Crippen LogP contribution >= 0.6 is 0 Å². The first kappa shape index (κ1) is 21.8. The Labute approximate surface area is 180 Å². The van der Waals surface area contributed by atoms with Crippen molar-refractivity contribution in [1.29, 1.82) is 0 Å². The molecule has 0 spiro atoms. The Hall–Kier alpha value is -3.43. The standard InChI is InChI=1S/C22H19F5N4O/c1-12-2-5-14(6-3-12)18-9-19(22(25,26)27)31-20(30-18)15(11-29-31)21(32)28-10-13-4-7-16(23)17(24)8-13/h2-8,11,18-19,30H,9-10H2,1H3,(H,28,32). The van der Waals surface area contributed by atoms with Crippen molar-refractivity contribution < 1.29 is 26.7 Å². The molecule has 1 aliphatic heterocycles. The summed E-state index contributed by atoms with van der Waals surface area (Å²) in [6.45, 7) is 1.74. The third-order valence-corrected chi connectivity index (χ3v) is 5.40. The summed E-state index contributed by atoms with van der Waals surface area (Å²) in [5, 5.41) is 9.33. The number of aryl methyl sites for hydroxylation is 1. The van der Waals surface area contributed by atoms with Gasteiger partial charge in [0.15, 0.2) is 17.7 Å². The number of alkyl halides is 3. The quantitative estimate of drug-likeness (QED) is 0.547. The monoisotopic (exact) mass is 450 g/mol. The van der Waals surface area contributed by atoms with Gasteiger partial charge in [-0.1, -0.05) is 35.9 Å². The van der Waals surface area contributed by atoms with Crippen molar-refractivity contribution in [3.8, 4) is 0 Å². The molecular weight excluding hydrogens is 431 g/mol. The predicted octanol–water partition coefficient (Wildman–Crippen LogP) is 5.06. The molecule has 1 aromatic heterocycles. The number of carbonyl (C=O) groups excluding carboxylic acids is 1. The summed E-state index contributed by atoms with van der Waals surface area (Å²) in [5.74, 6) is -2.81. The fourth-order valence-corrected chi connectivity index (χ4v) is 3.67. The fraction of sp³-hybridized carbons (Fsp3) is 0.273. The van der Waals surface area contributed by atoms with Gasteiger partial charge in [-0.2, -0.15) is 18.3 Å². The predicted molar refractivity (Wildman–Crippen MR) is 107 cm³/mol. The number of benzene rings is 2. The summed E-state index contributed by atoms with van der Waals surface area (Å²) in [6.07, 6.45) is -3.78. The molecule has 0 saturated carbocycles. The Morgan fingerprint density at radius 1 is 1.16 bits per heavy atom. The Balaban J connectivity index is 1.60. The van der Waals surface area contributed by atoms with Crippen LogP contribution in [-0.4, -0.2) is 21.9 Å².